The number of fused-ring (bicyclic) bond motifs is 1. The molecule has 0 amide bonds. The van der Waals surface area contributed by atoms with Crippen LogP contribution in [0.3, 0.4) is 0 Å². The van der Waals surface area contributed by atoms with Gasteiger partial charge in [-0.15, -0.1) is 11.3 Å². The zero-order valence-electron chi connectivity index (χ0n) is 9.48. The van der Waals surface area contributed by atoms with E-state index in [1.165, 1.54) is 19.4 Å². The molecule has 0 aliphatic carbocycles. The van der Waals surface area contributed by atoms with Gasteiger partial charge in [-0.2, -0.15) is 0 Å². The summed E-state index contributed by atoms with van der Waals surface area (Å²) < 4.78 is 5.90. The van der Waals surface area contributed by atoms with Gasteiger partial charge in [0, 0.05) is 17.5 Å². The van der Waals surface area contributed by atoms with E-state index in [1.54, 1.807) is 11.3 Å². The van der Waals surface area contributed by atoms with Crippen molar-refractivity contribution in [3.8, 4) is 0 Å². The fourth-order valence-corrected chi connectivity index (χ4v) is 3.42. The first-order chi connectivity index (χ1) is 7.74. The van der Waals surface area contributed by atoms with Crippen molar-refractivity contribution in [2.24, 2.45) is 0 Å². The van der Waals surface area contributed by atoms with Crippen molar-refractivity contribution in [2.45, 2.75) is 31.9 Å². The maximum absolute atomic E-state index is 5.90. The lowest BCUT2D eigenvalue weighted by Gasteiger charge is -2.34. The zero-order chi connectivity index (χ0) is 11.1. The van der Waals surface area contributed by atoms with Crippen molar-refractivity contribution in [1.29, 1.82) is 0 Å². The normalized spacial score (nSPS) is 30.6. The zero-order valence-corrected chi connectivity index (χ0v) is 10.3. The van der Waals surface area contributed by atoms with Crippen LogP contribution >= 0.6 is 11.3 Å². The van der Waals surface area contributed by atoms with Gasteiger partial charge < -0.3 is 10.5 Å². The fraction of sp³-hybridized carbons (Fsp3) is 0.727. The van der Waals surface area contributed by atoms with Gasteiger partial charge in [0.2, 0.25) is 0 Å². The minimum Gasteiger partial charge on any atom is -0.383 e. The van der Waals surface area contributed by atoms with Gasteiger partial charge in [-0.05, 0) is 26.3 Å². The number of hydrogen-bond donors (Lipinski definition) is 1. The second-order valence-electron chi connectivity index (χ2n) is 4.61. The predicted molar refractivity (Wildman–Crippen MR) is 64.6 cm³/mol. The topological polar surface area (TPSA) is 51.4 Å². The lowest BCUT2D eigenvalue weighted by atomic mass is 10.2. The van der Waals surface area contributed by atoms with Gasteiger partial charge in [0.05, 0.1) is 6.61 Å². The summed E-state index contributed by atoms with van der Waals surface area (Å²) >= 11 is 1.67. The highest BCUT2D eigenvalue weighted by Crippen LogP contribution is 2.33. The molecule has 0 bridgehead atoms. The second kappa shape index (κ2) is 3.98. The molecule has 2 aliphatic rings. The number of nitrogens with zero attached hydrogens (tertiary/aromatic N) is 2. The Hall–Kier alpha value is -0.650. The molecule has 3 heterocycles. The average molecular weight is 239 g/mol. The van der Waals surface area contributed by atoms with E-state index in [4.69, 9.17) is 10.5 Å². The summed E-state index contributed by atoms with van der Waals surface area (Å²) in [5, 5.41) is 1.04. The number of nitrogen functional groups attached to an aromatic ring is 1. The van der Waals surface area contributed by atoms with Crippen molar-refractivity contribution in [1.82, 2.24) is 9.88 Å². The molecule has 0 saturated carbocycles. The maximum Gasteiger partial charge on any atom is 0.137 e. The molecule has 0 aromatic carbocycles. The molecule has 2 N–H and O–H groups in total. The van der Waals surface area contributed by atoms with Crippen molar-refractivity contribution < 1.29 is 4.74 Å². The molecule has 2 aliphatic heterocycles. The Morgan fingerprint density at radius 1 is 1.56 bits per heavy atom. The number of ether oxygens (including phenoxy) is 1. The smallest absolute Gasteiger partial charge is 0.137 e. The van der Waals surface area contributed by atoms with Crippen LogP contribution < -0.4 is 5.73 Å². The molecule has 5 heteroatoms. The minimum absolute atomic E-state index is 0.135. The molecular formula is C11H17N3OS. The predicted octanol–water partition coefficient (Wildman–Crippen LogP) is 1.57. The van der Waals surface area contributed by atoms with Crippen molar-refractivity contribution in [2.75, 3.05) is 25.4 Å². The fourth-order valence-electron chi connectivity index (χ4n) is 2.53. The summed E-state index contributed by atoms with van der Waals surface area (Å²) in [7, 11) is 0. The molecule has 2 atom stereocenters. The highest BCUT2D eigenvalue weighted by Gasteiger charge is 2.34. The Morgan fingerprint density at radius 3 is 3.19 bits per heavy atom. The Labute approximate surface area is 99.4 Å². The van der Waals surface area contributed by atoms with Gasteiger partial charge in [0.15, 0.2) is 0 Å². The average Bonchev–Trinajstić information content (AvgIpc) is 2.85. The van der Waals surface area contributed by atoms with Gasteiger partial charge in [0.25, 0.3) is 0 Å². The number of aromatic nitrogens is 1. The monoisotopic (exact) mass is 239 g/mol. The third-order valence-corrected chi connectivity index (χ3v) is 4.59. The molecule has 2 fully saturated rings. The largest absolute Gasteiger partial charge is 0.383 e. The van der Waals surface area contributed by atoms with Crippen molar-refractivity contribution in [3.63, 3.8) is 0 Å². The molecule has 1 aromatic rings. The van der Waals surface area contributed by atoms with E-state index in [-0.39, 0.29) is 6.10 Å². The van der Waals surface area contributed by atoms with Crippen LogP contribution in [0.4, 0.5) is 5.82 Å². The number of hydrogen-bond acceptors (Lipinski definition) is 5. The maximum atomic E-state index is 5.90. The van der Waals surface area contributed by atoms with Gasteiger partial charge >= 0.3 is 0 Å². The van der Waals surface area contributed by atoms with Crippen LogP contribution in [0.1, 0.15) is 28.8 Å². The summed E-state index contributed by atoms with van der Waals surface area (Å²) in [6.45, 7) is 5.06. The van der Waals surface area contributed by atoms with E-state index >= 15 is 0 Å². The summed E-state index contributed by atoms with van der Waals surface area (Å²) in [6.07, 6.45) is 2.72. The van der Waals surface area contributed by atoms with E-state index in [0.29, 0.717) is 11.9 Å². The van der Waals surface area contributed by atoms with Gasteiger partial charge in [-0.25, -0.2) is 4.98 Å². The highest BCUT2D eigenvalue weighted by molar-refractivity contribution is 7.12. The van der Waals surface area contributed by atoms with Crippen LogP contribution in [0.2, 0.25) is 0 Å². The molecule has 4 nitrogen and oxygen atoms in total. The van der Waals surface area contributed by atoms with Crippen LogP contribution in [0.15, 0.2) is 0 Å². The Balaban J connectivity index is 1.76. The van der Waals surface area contributed by atoms with E-state index in [0.717, 1.165) is 23.0 Å². The van der Waals surface area contributed by atoms with Crippen LogP contribution in [0.5, 0.6) is 0 Å². The first-order valence-corrected chi connectivity index (χ1v) is 6.64. The molecule has 1 aromatic heterocycles. The number of morpholine rings is 1. The van der Waals surface area contributed by atoms with Crippen molar-refractivity contribution >= 4 is 17.2 Å². The van der Waals surface area contributed by atoms with Gasteiger partial charge in [-0.1, -0.05) is 0 Å². The Morgan fingerprint density at radius 2 is 2.44 bits per heavy atom. The van der Waals surface area contributed by atoms with Gasteiger partial charge in [-0.3, -0.25) is 4.90 Å². The Bertz CT molecular complexity index is 373. The Kier molecular flexibility index (Phi) is 2.61. The molecule has 16 heavy (non-hydrogen) atoms. The number of nitrogens with two attached hydrogens (primary N) is 1. The van der Waals surface area contributed by atoms with Crippen molar-refractivity contribution in [3.05, 3.63) is 9.88 Å². The lowest BCUT2D eigenvalue weighted by Crippen LogP contribution is -2.42. The third kappa shape index (κ3) is 1.73. The second-order valence-corrected chi connectivity index (χ2v) is 5.84. The molecule has 2 saturated heterocycles. The van der Waals surface area contributed by atoms with E-state index in [9.17, 15) is 0 Å². The number of thiazole rings is 1. The number of rotatable bonds is 1. The van der Waals surface area contributed by atoms with E-state index in [2.05, 4.69) is 9.88 Å². The SMILES string of the molecule is Cc1sc(C2CN3CCCC3CO2)nc1N. The summed E-state index contributed by atoms with van der Waals surface area (Å²) in [6, 6.07) is 0.648. The number of aryl methyl sites for hydroxylation is 1. The molecule has 3 rings (SSSR count). The quantitative estimate of drug-likeness (QED) is 0.808. The van der Waals surface area contributed by atoms with Gasteiger partial charge in [0.1, 0.15) is 16.9 Å². The minimum atomic E-state index is 0.135. The summed E-state index contributed by atoms with van der Waals surface area (Å²) in [5.41, 5.74) is 5.78. The van der Waals surface area contributed by atoms with E-state index < -0.39 is 0 Å². The van der Waals surface area contributed by atoms with Crippen LogP contribution in [0.25, 0.3) is 0 Å². The first-order valence-electron chi connectivity index (χ1n) is 5.82. The summed E-state index contributed by atoms with van der Waals surface area (Å²) in [4.78, 5) is 8.02. The van der Waals surface area contributed by atoms with E-state index in [1.807, 2.05) is 6.92 Å². The molecular weight excluding hydrogens is 222 g/mol. The van der Waals surface area contributed by atoms with Crippen LogP contribution in [-0.2, 0) is 4.74 Å². The standard InChI is InChI=1S/C11H17N3OS/c1-7-10(12)13-11(16-7)9-5-14-4-2-3-8(14)6-15-9/h8-9H,2-6,12H2,1H3. The number of anilines is 1. The molecule has 88 valence electrons. The highest BCUT2D eigenvalue weighted by atomic mass is 32.1. The van der Waals surface area contributed by atoms with Crippen LogP contribution in [0, 0.1) is 6.92 Å². The van der Waals surface area contributed by atoms with Crippen LogP contribution in [-0.4, -0.2) is 35.6 Å². The first kappa shape index (κ1) is 10.5. The molecule has 2 unspecified atom stereocenters. The molecule has 0 spiro atoms. The lowest BCUT2D eigenvalue weighted by molar-refractivity contribution is -0.0501. The summed E-state index contributed by atoms with van der Waals surface area (Å²) in [5.74, 6) is 0.659. The molecule has 0 radical (unpaired) electrons. The third-order valence-electron chi connectivity index (χ3n) is 3.51.